The van der Waals surface area contributed by atoms with Crippen LogP contribution in [0.3, 0.4) is 0 Å². The maximum atomic E-state index is 10.7. The second-order valence-electron chi connectivity index (χ2n) is 4.38. The molecule has 0 amide bonds. The Kier molecular flexibility index (Phi) is 4.58. The van der Waals surface area contributed by atoms with Crippen molar-refractivity contribution in [2.75, 3.05) is 14.2 Å². The Hall–Kier alpha value is -2.07. The van der Waals surface area contributed by atoms with E-state index in [1.165, 1.54) is 0 Å². The third-order valence-corrected chi connectivity index (χ3v) is 3.31. The Bertz CT molecular complexity index is 561. The molecule has 20 heavy (non-hydrogen) atoms. The minimum Gasteiger partial charge on any atom is -0.496 e. The summed E-state index contributed by atoms with van der Waals surface area (Å²) >= 11 is 0. The zero-order valence-electron chi connectivity index (χ0n) is 12.0. The van der Waals surface area contributed by atoms with Crippen LogP contribution in [0, 0.1) is 0 Å². The van der Waals surface area contributed by atoms with E-state index >= 15 is 0 Å². The van der Waals surface area contributed by atoms with Crippen LogP contribution in [-0.4, -0.2) is 24.3 Å². The smallest absolute Gasteiger partial charge is 0.128 e. The number of hydrogen-bond acceptors (Lipinski definition) is 4. The number of methoxy groups -OCH3 is 2. The van der Waals surface area contributed by atoms with Crippen molar-refractivity contribution >= 4 is 0 Å². The van der Waals surface area contributed by atoms with Crippen molar-refractivity contribution in [1.29, 1.82) is 0 Å². The number of aryl methyl sites for hydroxylation is 1. The molecule has 2 aromatic rings. The standard InChI is InChI=1S/C16H19NO3/c1-4-11-7-6-10-17-15(11)16(18)14-12(19-2)8-5-9-13(14)20-3/h5-10,16,18H,4H2,1-3H3. The molecule has 0 saturated carbocycles. The molecule has 1 unspecified atom stereocenters. The van der Waals surface area contributed by atoms with Gasteiger partial charge in [0.1, 0.15) is 17.6 Å². The molecule has 0 saturated heterocycles. The first-order valence-corrected chi connectivity index (χ1v) is 6.55. The van der Waals surface area contributed by atoms with E-state index in [1.54, 1.807) is 32.5 Å². The maximum Gasteiger partial charge on any atom is 0.128 e. The largest absolute Gasteiger partial charge is 0.496 e. The van der Waals surface area contributed by atoms with Gasteiger partial charge in [-0.15, -0.1) is 0 Å². The van der Waals surface area contributed by atoms with Crippen LogP contribution in [-0.2, 0) is 6.42 Å². The molecule has 4 heteroatoms. The van der Waals surface area contributed by atoms with Gasteiger partial charge in [0.2, 0.25) is 0 Å². The normalized spacial score (nSPS) is 12.0. The van der Waals surface area contributed by atoms with E-state index in [4.69, 9.17) is 9.47 Å². The second-order valence-corrected chi connectivity index (χ2v) is 4.38. The molecule has 0 spiro atoms. The first-order chi connectivity index (χ1) is 9.72. The van der Waals surface area contributed by atoms with Crippen molar-refractivity contribution in [3.05, 3.63) is 53.3 Å². The first-order valence-electron chi connectivity index (χ1n) is 6.55. The van der Waals surface area contributed by atoms with Crippen LogP contribution < -0.4 is 9.47 Å². The van der Waals surface area contributed by atoms with Crippen LogP contribution in [0.25, 0.3) is 0 Å². The van der Waals surface area contributed by atoms with Gasteiger partial charge in [-0.2, -0.15) is 0 Å². The summed E-state index contributed by atoms with van der Waals surface area (Å²) in [6.45, 7) is 2.03. The third-order valence-electron chi connectivity index (χ3n) is 3.31. The van der Waals surface area contributed by atoms with Gasteiger partial charge < -0.3 is 14.6 Å². The molecule has 1 aromatic carbocycles. The highest BCUT2D eigenvalue weighted by Crippen LogP contribution is 2.37. The topological polar surface area (TPSA) is 51.6 Å². The molecule has 2 rings (SSSR count). The molecule has 1 aromatic heterocycles. The van der Waals surface area contributed by atoms with Crippen LogP contribution in [0.15, 0.2) is 36.5 Å². The molecule has 0 fully saturated rings. The highest BCUT2D eigenvalue weighted by Gasteiger charge is 2.23. The number of ether oxygens (including phenoxy) is 2. The van der Waals surface area contributed by atoms with Crippen LogP contribution in [0.1, 0.15) is 29.8 Å². The van der Waals surface area contributed by atoms with E-state index in [0.717, 1.165) is 12.0 Å². The lowest BCUT2D eigenvalue weighted by molar-refractivity contribution is 0.203. The van der Waals surface area contributed by atoms with Gasteiger partial charge >= 0.3 is 0 Å². The molecule has 0 aliphatic carbocycles. The van der Waals surface area contributed by atoms with Crippen molar-refractivity contribution in [2.24, 2.45) is 0 Å². The Labute approximate surface area is 119 Å². The van der Waals surface area contributed by atoms with E-state index in [2.05, 4.69) is 4.98 Å². The molecule has 1 heterocycles. The van der Waals surface area contributed by atoms with Gasteiger partial charge in [-0.3, -0.25) is 4.98 Å². The molecule has 106 valence electrons. The summed E-state index contributed by atoms with van der Waals surface area (Å²) in [5, 5.41) is 10.7. The first kappa shape index (κ1) is 14.3. The molecule has 1 atom stereocenters. The summed E-state index contributed by atoms with van der Waals surface area (Å²) in [5.41, 5.74) is 2.25. The van der Waals surface area contributed by atoms with E-state index in [1.807, 2.05) is 25.1 Å². The molecule has 1 N–H and O–H groups in total. The molecule has 0 bridgehead atoms. The lowest BCUT2D eigenvalue weighted by Crippen LogP contribution is -2.09. The predicted octanol–water partition coefficient (Wildman–Crippen LogP) is 2.74. The monoisotopic (exact) mass is 273 g/mol. The van der Waals surface area contributed by atoms with Crippen LogP contribution >= 0.6 is 0 Å². The number of nitrogens with zero attached hydrogens (tertiary/aromatic N) is 1. The summed E-state index contributed by atoms with van der Waals surface area (Å²) in [6.07, 6.45) is 1.61. The average Bonchev–Trinajstić information content (AvgIpc) is 2.53. The second kappa shape index (κ2) is 6.39. The number of pyridine rings is 1. The highest BCUT2D eigenvalue weighted by molar-refractivity contribution is 5.49. The summed E-state index contributed by atoms with van der Waals surface area (Å²) in [6, 6.07) is 9.26. The van der Waals surface area contributed by atoms with Crippen molar-refractivity contribution in [3.63, 3.8) is 0 Å². The van der Waals surface area contributed by atoms with Crippen molar-refractivity contribution in [1.82, 2.24) is 4.98 Å². The Morgan fingerprint density at radius 2 is 1.75 bits per heavy atom. The average molecular weight is 273 g/mol. The minimum absolute atomic E-state index is 0.588. The van der Waals surface area contributed by atoms with E-state index in [-0.39, 0.29) is 0 Å². The summed E-state index contributed by atoms with van der Waals surface area (Å²) < 4.78 is 10.7. The predicted molar refractivity (Wildman–Crippen MR) is 77.2 cm³/mol. The summed E-state index contributed by atoms with van der Waals surface area (Å²) in [5.74, 6) is 1.18. The third kappa shape index (κ3) is 2.60. The van der Waals surface area contributed by atoms with Crippen LogP contribution in [0.5, 0.6) is 11.5 Å². The zero-order chi connectivity index (χ0) is 14.5. The fourth-order valence-electron chi connectivity index (χ4n) is 2.28. The van der Waals surface area contributed by atoms with E-state index in [9.17, 15) is 5.11 Å². The zero-order valence-corrected chi connectivity index (χ0v) is 12.0. The Morgan fingerprint density at radius 3 is 2.30 bits per heavy atom. The summed E-state index contributed by atoms with van der Waals surface area (Å²) in [7, 11) is 3.15. The number of rotatable bonds is 5. The molecule has 0 aliphatic heterocycles. The van der Waals surface area contributed by atoms with E-state index < -0.39 is 6.10 Å². The molecule has 0 aliphatic rings. The molecule has 4 nitrogen and oxygen atoms in total. The number of aliphatic hydroxyl groups is 1. The molecular weight excluding hydrogens is 254 g/mol. The molecule has 0 radical (unpaired) electrons. The number of aliphatic hydroxyl groups excluding tert-OH is 1. The van der Waals surface area contributed by atoms with Gasteiger partial charge in [0, 0.05) is 6.20 Å². The van der Waals surface area contributed by atoms with Crippen molar-refractivity contribution < 1.29 is 14.6 Å². The summed E-state index contributed by atoms with van der Waals surface area (Å²) in [4.78, 5) is 4.32. The van der Waals surface area contributed by atoms with Gasteiger partial charge in [0.15, 0.2) is 0 Å². The number of hydrogen-bond donors (Lipinski definition) is 1. The van der Waals surface area contributed by atoms with Crippen molar-refractivity contribution in [3.8, 4) is 11.5 Å². The van der Waals surface area contributed by atoms with E-state index in [0.29, 0.717) is 22.8 Å². The van der Waals surface area contributed by atoms with Crippen molar-refractivity contribution in [2.45, 2.75) is 19.4 Å². The SMILES string of the molecule is CCc1cccnc1C(O)c1c(OC)cccc1OC. The fraction of sp³-hybridized carbons (Fsp3) is 0.312. The van der Waals surface area contributed by atoms with Gasteiger partial charge in [0.05, 0.1) is 25.5 Å². The van der Waals surface area contributed by atoms with Crippen LogP contribution in [0.4, 0.5) is 0 Å². The molecular formula is C16H19NO3. The number of benzene rings is 1. The fourth-order valence-corrected chi connectivity index (χ4v) is 2.28. The van der Waals surface area contributed by atoms with Gasteiger partial charge in [0.25, 0.3) is 0 Å². The maximum absolute atomic E-state index is 10.7. The lowest BCUT2D eigenvalue weighted by Gasteiger charge is -2.19. The Balaban J connectivity index is 2.55. The Morgan fingerprint density at radius 1 is 1.10 bits per heavy atom. The van der Waals surface area contributed by atoms with Crippen LogP contribution in [0.2, 0.25) is 0 Å². The minimum atomic E-state index is -0.878. The van der Waals surface area contributed by atoms with Gasteiger partial charge in [-0.25, -0.2) is 0 Å². The van der Waals surface area contributed by atoms with Gasteiger partial charge in [-0.1, -0.05) is 19.1 Å². The lowest BCUT2D eigenvalue weighted by atomic mass is 9.99. The quantitative estimate of drug-likeness (QED) is 0.910. The number of aromatic nitrogens is 1. The van der Waals surface area contributed by atoms with Gasteiger partial charge in [-0.05, 0) is 30.2 Å². The highest BCUT2D eigenvalue weighted by atomic mass is 16.5.